The lowest BCUT2D eigenvalue weighted by atomic mass is 10.1. The number of amides is 2. The summed E-state index contributed by atoms with van der Waals surface area (Å²) in [5.41, 5.74) is 0.517. The molecule has 0 bridgehead atoms. The quantitative estimate of drug-likeness (QED) is 0.943. The third-order valence-electron chi connectivity index (χ3n) is 3.62. The fraction of sp³-hybridized carbons (Fsp3) is 0.250. The van der Waals surface area contributed by atoms with Gasteiger partial charge in [-0.05, 0) is 36.4 Å². The van der Waals surface area contributed by atoms with E-state index in [1.807, 2.05) is 0 Å². The third kappa shape index (κ3) is 3.16. The lowest BCUT2D eigenvalue weighted by Crippen LogP contribution is -2.27. The van der Waals surface area contributed by atoms with Crippen molar-refractivity contribution in [2.75, 3.05) is 11.9 Å². The molecule has 1 saturated heterocycles. The zero-order valence-corrected chi connectivity index (χ0v) is 11.8. The second kappa shape index (κ2) is 6.01. The second-order valence-corrected chi connectivity index (χ2v) is 5.25. The van der Waals surface area contributed by atoms with E-state index in [4.69, 9.17) is 4.42 Å². The average Bonchev–Trinajstić information content (AvgIpc) is 3.13. The zero-order chi connectivity index (χ0) is 15.5. The number of hydrogen-bond donors (Lipinski definition) is 1. The van der Waals surface area contributed by atoms with E-state index >= 15 is 0 Å². The minimum atomic E-state index is -0.410. The van der Waals surface area contributed by atoms with Gasteiger partial charge in [-0.25, -0.2) is 4.39 Å². The first-order valence-corrected chi connectivity index (χ1v) is 6.98. The maximum Gasteiger partial charge on any atom is 0.229 e. The Morgan fingerprint density at radius 3 is 2.77 bits per heavy atom. The first-order valence-electron chi connectivity index (χ1n) is 6.98. The van der Waals surface area contributed by atoms with Crippen molar-refractivity contribution >= 4 is 17.5 Å². The Hall–Kier alpha value is -2.63. The summed E-state index contributed by atoms with van der Waals surface area (Å²) < 4.78 is 18.1. The van der Waals surface area contributed by atoms with E-state index < -0.39 is 5.92 Å². The molecule has 0 unspecified atom stereocenters. The Morgan fingerprint density at radius 2 is 2.09 bits per heavy atom. The minimum absolute atomic E-state index is 0.0735. The highest BCUT2D eigenvalue weighted by Gasteiger charge is 2.34. The highest BCUT2D eigenvalue weighted by atomic mass is 19.1. The number of nitrogens with one attached hydrogen (secondary N) is 1. The molecule has 0 aliphatic carbocycles. The number of likely N-dealkylation sites (tertiary alicyclic amines) is 1. The Labute approximate surface area is 126 Å². The van der Waals surface area contributed by atoms with Crippen LogP contribution in [0.2, 0.25) is 0 Å². The molecule has 1 aliphatic rings. The van der Waals surface area contributed by atoms with Gasteiger partial charge in [0.1, 0.15) is 11.6 Å². The largest absolute Gasteiger partial charge is 0.467 e. The summed E-state index contributed by atoms with van der Waals surface area (Å²) in [6.07, 6.45) is 1.72. The second-order valence-electron chi connectivity index (χ2n) is 5.25. The lowest BCUT2D eigenvalue weighted by Gasteiger charge is -2.15. The molecule has 22 heavy (non-hydrogen) atoms. The van der Waals surface area contributed by atoms with Crippen molar-refractivity contribution in [2.24, 2.45) is 5.92 Å². The average molecular weight is 302 g/mol. The fourth-order valence-corrected chi connectivity index (χ4v) is 2.47. The summed E-state index contributed by atoms with van der Waals surface area (Å²) in [6.45, 7) is 0.721. The maximum absolute atomic E-state index is 12.8. The number of rotatable bonds is 4. The summed E-state index contributed by atoms with van der Waals surface area (Å²) in [4.78, 5) is 25.8. The molecule has 0 spiro atoms. The van der Waals surface area contributed by atoms with E-state index in [2.05, 4.69) is 5.32 Å². The highest BCUT2D eigenvalue weighted by Crippen LogP contribution is 2.22. The molecule has 1 aromatic carbocycles. The molecular weight excluding hydrogens is 287 g/mol. The van der Waals surface area contributed by atoms with Gasteiger partial charge in [0.15, 0.2) is 0 Å². The summed E-state index contributed by atoms with van der Waals surface area (Å²) in [5.74, 6) is -0.392. The Kier molecular flexibility index (Phi) is 3.91. The molecule has 1 aromatic heterocycles. The highest BCUT2D eigenvalue weighted by molar-refractivity contribution is 5.97. The van der Waals surface area contributed by atoms with Crippen LogP contribution in [-0.4, -0.2) is 23.3 Å². The Balaban J connectivity index is 1.60. The van der Waals surface area contributed by atoms with Gasteiger partial charge in [0, 0.05) is 18.7 Å². The van der Waals surface area contributed by atoms with Crippen LogP contribution in [0.25, 0.3) is 0 Å². The van der Waals surface area contributed by atoms with Crippen molar-refractivity contribution in [1.29, 1.82) is 0 Å². The van der Waals surface area contributed by atoms with Gasteiger partial charge < -0.3 is 14.6 Å². The van der Waals surface area contributed by atoms with Gasteiger partial charge in [-0.1, -0.05) is 0 Å². The van der Waals surface area contributed by atoms with Crippen molar-refractivity contribution in [2.45, 2.75) is 13.0 Å². The van der Waals surface area contributed by atoms with Crippen LogP contribution < -0.4 is 5.32 Å². The molecule has 0 radical (unpaired) electrons. The lowest BCUT2D eigenvalue weighted by molar-refractivity contribution is -0.128. The number of furan rings is 1. The van der Waals surface area contributed by atoms with Crippen molar-refractivity contribution in [3.05, 3.63) is 54.2 Å². The standard InChI is InChI=1S/C16H15FN2O3/c17-12-3-5-13(6-4-12)18-16(21)11-8-15(20)19(9-11)10-14-2-1-7-22-14/h1-7,11H,8-10H2,(H,18,21)/t11-/m0/s1. The van der Waals surface area contributed by atoms with Crippen LogP contribution in [-0.2, 0) is 16.1 Å². The Morgan fingerprint density at radius 1 is 1.32 bits per heavy atom. The fourth-order valence-electron chi connectivity index (χ4n) is 2.47. The van der Waals surface area contributed by atoms with E-state index in [0.29, 0.717) is 24.5 Å². The van der Waals surface area contributed by atoms with E-state index in [-0.39, 0.29) is 24.1 Å². The van der Waals surface area contributed by atoms with E-state index in [1.54, 1.807) is 23.3 Å². The van der Waals surface area contributed by atoms with E-state index in [9.17, 15) is 14.0 Å². The van der Waals surface area contributed by atoms with Crippen LogP contribution in [0.3, 0.4) is 0 Å². The summed E-state index contributed by atoms with van der Waals surface area (Å²) in [7, 11) is 0. The van der Waals surface area contributed by atoms with Crippen molar-refractivity contribution in [1.82, 2.24) is 4.90 Å². The van der Waals surface area contributed by atoms with Gasteiger partial charge in [0.25, 0.3) is 0 Å². The molecule has 3 rings (SSSR count). The number of benzene rings is 1. The molecule has 2 amide bonds. The molecular formula is C16H15FN2O3. The number of nitrogens with zero attached hydrogens (tertiary/aromatic N) is 1. The van der Waals surface area contributed by atoms with Crippen LogP contribution >= 0.6 is 0 Å². The van der Waals surface area contributed by atoms with Crippen molar-refractivity contribution in [3.63, 3.8) is 0 Å². The molecule has 2 aromatic rings. The summed E-state index contributed by atoms with van der Waals surface area (Å²) >= 11 is 0. The van der Waals surface area contributed by atoms with E-state index in [1.165, 1.54) is 24.3 Å². The van der Waals surface area contributed by atoms with Gasteiger partial charge in [-0.3, -0.25) is 9.59 Å². The number of carbonyl (C=O) groups excluding carboxylic acids is 2. The molecule has 2 heterocycles. The number of hydrogen-bond acceptors (Lipinski definition) is 3. The van der Waals surface area contributed by atoms with Crippen LogP contribution in [0.5, 0.6) is 0 Å². The molecule has 0 saturated carbocycles. The molecule has 1 aliphatic heterocycles. The SMILES string of the molecule is O=C(Nc1ccc(F)cc1)[C@H]1CC(=O)N(Cc2ccco2)C1. The first kappa shape index (κ1) is 14.3. The van der Waals surface area contributed by atoms with Gasteiger partial charge in [-0.2, -0.15) is 0 Å². The van der Waals surface area contributed by atoms with Gasteiger partial charge >= 0.3 is 0 Å². The van der Waals surface area contributed by atoms with Crippen LogP contribution in [0.4, 0.5) is 10.1 Å². The van der Waals surface area contributed by atoms with Crippen LogP contribution in [0.1, 0.15) is 12.2 Å². The van der Waals surface area contributed by atoms with Gasteiger partial charge in [-0.15, -0.1) is 0 Å². The predicted octanol–water partition coefficient (Wildman–Crippen LogP) is 2.41. The normalized spacial score (nSPS) is 17.8. The molecule has 114 valence electrons. The number of anilines is 1. The molecule has 1 N–H and O–H groups in total. The topological polar surface area (TPSA) is 62.6 Å². The van der Waals surface area contributed by atoms with Crippen LogP contribution in [0, 0.1) is 11.7 Å². The smallest absolute Gasteiger partial charge is 0.229 e. The third-order valence-corrected chi connectivity index (χ3v) is 3.62. The molecule has 1 fully saturated rings. The van der Waals surface area contributed by atoms with Gasteiger partial charge in [0.05, 0.1) is 18.7 Å². The van der Waals surface area contributed by atoms with Crippen molar-refractivity contribution in [3.8, 4) is 0 Å². The maximum atomic E-state index is 12.8. The number of carbonyl (C=O) groups is 2. The van der Waals surface area contributed by atoms with Crippen LogP contribution in [0.15, 0.2) is 47.1 Å². The van der Waals surface area contributed by atoms with Gasteiger partial charge in [0.2, 0.25) is 11.8 Å². The van der Waals surface area contributed by atoms with Crippen molar-refractivity contribution < 1.29 is 18.4 Å². The number of halogens is 1. The predicted molar refractivity (Wildman–Crippen MR) is 77.3 cm³/mol. The monoisotopic (exact) mass is 302 g/mol. The molecule has 5 nitrogen and oxygen atoms in total. The Bertz CT molecular complexity index is 667. The summed E-state index contributed by atoms with van der Waals surface area (Å²) in [6, 6.07) is 9.08. The zero-order valence-electron chi connectivity index (χ0n) is 11.8. The molecule has 6 heteroatoms. The molecule has 1 atom stereocenters. The summed E-state index contributed by atoms with van der Waals surface area (Å²) in [5, 5.41) is 2.70. The minimum Gasteiger partial charge on any atom is -0.467 e. The van der Waals surface area contributed by atoms with E-state index in [0.717, 1.165) is 0 Å². The first-order chi connectivity index (χ1) is 10.6.